The number of Topliss-reactive ketones (excluding diaryl/α,β-unsaturated/α-hetero) is 1. The molecule has 2 fully saturated rings. The lowest BCUT2D eigenvalue weighted by atomic mass is 9.86. The molecule has 0 bridgehead atoms. The molecule has 29 heavy (non-hydrogen) atoms. The van der Waals surface area contributed by atoms with E-state index >= 15 is 0 Å². The molecule has 0 radical (unpaired) electrons. The molecule has 144 valence electrons. The Bertz CT molecular complexity index is 1060. The Morgan fingerprint density at radius 3 is 2.34 bits per heavy atom. The molecule has 0 saturated carbocycles. The van der Waals surface area contributed by atoms with Crippen molar-refractivity contribution in [1.29, 1.82) is 0 Å². The summed E-state index contributed by atoms with van der Waals surface area (Å²) in [5, 5.41) is 5.99. The number of carbonyl (C=O) groups is 3. The van der Waals surface area contributed by atoms with Crippen LogP contribution in [0.5, 0.6) is 0 Å². The fourth-order valence-electron chi connectivity index (χ4n) is 4.56. The number of hydrazone groups is 1. The molecule has 3 aliphatic rings. The SMILES string of the molecule is Cc1ccc(N2C(=O)[C@@H]3[C@H](C2=O)[C@@H](C(=O)c2ccccc2)N2N=CC=C[C@@H]32)cc1. The number of anilines is 1. The second-order valence-corrected chi connectivity index (χ2v) is 7.59. The van der Waals surface area contributed by atoms with Crippen LogP contribution in [0.15, 0.2) is 71.9 Å². The lowest BCUT2D eigenvalue weighted by molar-refractivity contribution is -0.123. The summed E-state index contributed by atoms with van der Waals surface area (Å²) in [5.41, 5.74) is 2.09. The lowest BCUT2D eigenvalue weighted by Gasteiger charge is -2.30. The summed E-state index contributed by atoms with van der Waals surface area (Å²) in [6, 6.07) is 14.9. The summed E-state index contributed by atoms with van der Waals surface area (Å²) < 4.78 is 0. The fraction of sp³-hybridized carbons (Fsp3) is 0.217. The van der Waals surface area contributed by atoms with Gasteiger partial charge in [0.2, 0.25) is 11.8 Å². The third kappa shape index (κ3) is 2.56. The van der Waals surface area contributed by atoms with E-state index in [4.69, 9.17) is 0 Å². The number of hydrogen-bond donors (Lipinski definition) is 0. The number of carbonyl (C=O) groups excluding carboxylic acids is 3. The molecule has 0 spiro atoms. The monoisotopic (exact) mass is 385 g/mol. The third-order valence-corrected chi connectivity index (χ3v) is 5.91. The number of hydrogen-bond acceptors (Lipinski definition) is 5. The smallest absolute Gasteiger partial charge is 0.240 e. The normalized spacial score (nSPS) is 27.3. The number of allylic oxidation sites excluding steroid dienone is 1. The number of nitrogens with zero attached hydrogens (tertiary/aromatic N) is 3. The van der Waals surface area contributed by atoms with Crippen molar-refractivity contribution >= 4 is 29.5 Å². The van der Waals surface area contributed by atoms with Gasteiger partial charge in [0.1, 0.15) is 6.04 Å². The molecule has 5 rings (SSSR count). The predicted octanol–water partition coefficient (Wildman–Crippen LogP) is 2.59. The van der Waals surface area contributed by atoms with Gasteiger partial charge in [0.15, 0.2) is 5.78 Å². The largest absolute Gasteiger partial charge is 0.292 e. The topological polar surface area (TPSA) is 70.1 Å². The Labute approximate surface area is 168 Å². The highest BCUT2D eigenvalue weighted by Gasteiger charge is 2.64. The number of imide groups is 1. The van der Waals surface area contributed by atoms with Gasteiger partial charge in [-0.1, -0.05) is 54.1 Å². The standard InChI is InChI=1S/C23H19N3O3/c1-14-9-11-16(12-10-14)25-22(28)18-17-8-5-13-24-26(17)20(19(18)23(25)29)21(27)15-6-3-2-4-7-15/h2-13,17-20H,1H3/t17-,18-,19-,20-/m0/s1. The van der Waals surface area contributed by atoms with E-state index in [1.165, 1.54) is 4.90 Å². The molecule has 0 N–H and O–H groups in total. The van der Waals surface area contributed by atoms with Gasteiger partial charge in [-0.3, -0.25) is 19.4 Å². The number of rotatable bonds is 3. The van der Waals surface area contributed by atoms with Crippen LogP contribution in [-0.2, 0) is 9.59 Å². The molecule has 2 saturated heterocycles. The van der Waals surface area contributed by atoms with Crippen LogP contribution in [0.25, 0.3) is 0 Å². The van der Waals surface area contributed by atoms with E-state index in [2.05, 4.69) is 5.10 Å². The molecular formula is C23H19N3O3. The van der Waals surface area contributed by atoms with Crippen LogP contribution in [0, 0.1) is 18.8 Å². The predicted molar refractivity (Wildman–Crippen MR) is 108 cm³/mol. The number of aryl methyl sites for hydroxylation is 1. The number of amides is 2. The molecule has 0 aliphatic carbocycles. The first kappa shape index (κ1) is 17.6. The second-order valence-electron chi connectivity index (χ2n) is 7.59. The van der Waals surface area contributed by atoms with Gasteiger partial charge in [0, 0.05) is 11.8 Å². The highest BCUT2D eigenvalue weighted by Crippen LogP contribution is 2.46. The summed E-state index contributed by atoms with van der Waals surface area (Å²) in [7, 11) is 0. The molecule has 6 nitrogen and oxygen atoms in total. The van der Waals surface area contributed by atoms with Crippen molar-refractivity contribution in [1.82, 2.24) is 5.01 Å². The molecule has 2 aromatic rings. The van der Waals surface area contributed by atoms with Gasteiger partial charge in [-0.05, 0) is 25.1 Å². The van der Waals surface area contributed by atoms with Crippen molar-refractivity contribution < 1.29 is 14.4 Å². The third-order valence-electron chi connectivity index (χ3n) is 5.91. The van der Waals surface area contributed by atoms with Crippen molar-refractivity contribution in [2.75, 3.05) is 4.90 Å². The molecule has 2 amide bonds. The Morgan fingerprint density at radius 1 is 0.931 bits per heavy atom. The van der Waals surface area contributed by atoms with Crippen LogP contribution in [0.2, 0.25) is 0 Å². The Morgan fingerprint density at radius 2 is 1.62 bits per heavy atom. The zero-order valence-corrected chi connectivity index (χ0v) is 15.8. The van der Waals surface area contributed by atoms with Crippen LogP contribution in [0.3, 0.4) is 0 Å². The quantitative estimate of drug-likeness (QED) is 0.602. The van der Waals surface area contributed by atoms with E-state index < -0.39 is 23.9 Å². The van der Waals surface area contributed by atoms with Crippen LogP contribution >= 0.6 is 0 Å². The molecule has 3 aliphatic heterocycles. The summed E-state index contributed by atoms with van der Waals surface area (Å²) in [4.78, 5) is 41.3. The first-order chi connectivity index (χ1) is 14.1. The second kappa shape index (κ2) is 6.51. The van der Waals surface area contributed by atoms with E-state index in [0.29, 0.717) is 11.3 Å². The molecule has 2 aromatic carbocycles. The fourth-order valence-corrected chi connectivity index (χ4v) is 4.56. The van der Waals surface area contributed by atoms with E-state index in [1.807, 2.05) is 31.2 Å². The van der Waals surface area contributed by atoms with Crippen molar-refractivity contribution in [3.63, 3.8) is 0 Å². The lowest BCUT2D eigenvalue weighted by Crippen LogP contribution is -2.46. The highest BCUT2D eigenvalue weighted by molar-refractivity contribution is 6.24. The molecular weight excluding hydrogens is 366 g/mol. The van der Waals surface area contributed by atoms with Gasteiger partial charge in [-0.25, -0.2) is 4.90 Å². The molecule has 4 atom stereocenters. The zero-order valence-electron chi connectivity index (χ0n) is 15.8. The Balaban J connectivity index is 1.58. The summed E-state index contributed by atoms with van der Waals surface area (Å²) in [5.74, 6) is -2.20. The average Bonchev–Trinajstić information content (AvgIpc) is 3.22. The maximum Gasteiger partial charge on any atom is 0.240 e. The van der Waals surface area contributed by atoms with Crippen molar-refractivity contribution in [3.8, 4) is 0 Å². The van der Waals surface area contributed by atoms with Gasteiger partial charge < -0.3 is 0 Å². The Kier molecular flexibility index (Phi) is 3.94. The van der Waals surface area contributed by atoms with Gasteiger partial charge in [0.25, 0.3) is 0 Å². The van der Waals surface area contributed by atoms with Crippen molar-refractivity contribution in [3.05, 3.63) is 77.9 Å². The minimum Gasteiger partial charge on any atom is -0.292 e. The maximum atomic E-state index is 13.4. The molecule has 6 heteroatoms. The first-order valence-corrected chi connectivity index (χ1v) is 9.61. The van der Waals surface area contributed by atoms with Crippen molar-refractivity contribution in [2.45, 2.75) is 19.0 Å². The van der Waals surface area contributed by atoms with E-state index in [0.717, 1.165) is 5.56 Å². The molecule has 0 aromatic heterocycles. The number of fused-ring (bicyclic) bond motifs is 3. The van der Waals surface area contributed by atoms with Gasteiger partial charge in [-0.2, -0.15) is 5.10 Å². The van der Waals surface area contributed by atoms with E-state index in [1.54, 1.807) is 53.7 Å². The highest BCUT2D eigenvalue weighted by atomic mass is 16.2. The summed E-state index contributed by atoms with van der Waals surface area (Å²) in [6.45, 7) is 1.95. The molecule has 3 heterocycles. The van der Waals surface area contributed by atoms with Gasteiger partial charge >= 0.3 is 0 Å². The summed E-state index contributed by atoms with van der Waals surface area (Å²) in [6.07, 6.45) is 5.21. The number of benzene rings is 2. The number of ketones is 1. The Hall–Kier alpha value is -3.54. The minimum absolute atomic E-state index is 0.192. The average molecular weight is 385 g/mol. The van der Waals surface area contributed by atoms with E-state index in [-0.39, 0.29) is 17.6 Å². The van der Waals surface area contributed by atoms with E-state index in [9.17, 15) is 14.4 Å². The van der Waals surface area contributed by atoms with Crippen LogP contribution < -0.4 is 4.90 Å². The maximum absolute atomic E-state index is 13.4. The zero-order chi connectivity index (χ0) is 20.1. The van der Waals surface area contributed by atoms with Gasteiger partial charge in [0.05, 0.1) is 23.6 Å². The minimum atomic E-state index is -0.805. The van der Waals surface area contributed by atoms with Gasteiger partial charge in [-0.15, -0.1) is 0 Å². The summed E-state index contributed by atoms with van der Waals surface area (Å²) >= 11 is 0. The van der Waals surface area contributed by atoms with Crippen LogP contribution in [0.1, 0.15) is 15.9 Å². The van der Waals surface area contributed by atoms with Crippen molar-refractivity contribution in [2.24, 2.45) is 16.9 Å². The van der Waals surface area contributed by atoms with Crippen LogP contribution in [-0.4, -0.2) is 40.9 Å². The van der Waals surface area contributed by atoms with Crippen LogP contribution in [0.4, 0.5) is 5.69 Å². The first-order valence-electron chi connectivity index (χ1n) is 9.61. The molecule has 0 unspecified atom stereocenters.